The third kappa shape index (κ3) is 6.07. The number of carbonyl (C=O) groups is 1. The van der Waals surface area contributed by atoms with Gasteiger partial charge in [0.2, 0.25) is 0 Å². The minimum Gasteiger partial charge on any atom is -0.415 e. The molecule has 228 valence electrons. The van der Waals surface area contributed by atoms with Gasteiger partial charge < -0.3 is 18.1 Å². The fourth-order valence-electron chi connectivity index (χ4n) is 8.93. The van der Waals surface area contributed by atoms with E-state index in [0.717, 1.165) is 44.2 Å². The van der Waals surface area contributed by atoms with Crippen LogP contribution >= 0.6 is 0 Å². The zero-order valence-corrected chi connectivity index (χ0v) is 30.5. The molecule has 0 aromatic heterocycles. The standard InChI is InChI=1S/C31H57NO5Si3/c1-29-17-15-23(32-34-3)19-22(29)13-14-24-25-16-18-31(37-40(10,11)12,30(25,2)20-26(33)28(24)29)27(36-39(7,8)9)21-35-38(4,5)6/h19,24-25,27-28H,13-18,20-21H2,1-12H3/b32-23+/t24-,25-,27+,28+,29-,30-,31-/m0/s1. The van der Waals surface area contributed by atoms with Gasteiger partial charge in [0.15, 0.2) is 25.0 Å². The van der Waals surface area contributed by atoms with Crippen molar-refractivity contribution in [3.63, 3.8) is 0 Å². The summed E-state index contributed by atoms with van der Waals surface area (Å²) in [6, 6.07) is 0. The van der Waals surface area contributed by atoms with Crippen molar-refractivity contribution in [1.82, 2.24) is 0 Å². The average Bonchev–Trinajstić information content (AvgIpc) is 3.06. The second-order valence-electron chi connectivity index (χ2n) is 16.5. The molecule has 0 amide bonds. The summed E-state index contributed by atoms with van der Waals surface area (Å²) in [4.78, 5) is 19.6. The molecule has 0 spiro atoms. The number of allylic oxidation sites excluding steroid dienone is 2. The smallest absolute Gasteiger partial charge is 0.184 e. The maximum atomic E-state index is 14.5. The molecule has 0 heterocycles. The number of hydrogen-bond acceptors (Lipinski definition) is 6. The Balaban J connectivity index is 1.77. The van der Waals surface area contributed by atoms with Crippen LogP contribution in [0.5, 0.6) is 0 Å². The molecule has 4 aliphatic carbocycles. The highest BCUT2D eigenvalue weighted by molar-refractivity contribution is 6.70. The Morgan fingerprint density at radius 3 is 2.20 bits per heavy atom. The molecule has 4 rings (SSSR count). The molecule has 40 heavy (non-hydrogen) atoms. The third-order valence-electron chi connectivity index (χ3n) is 10.2. The lowest BCUT2D eigenvalue weighted by Gasteiger charge is -2.61. The normalized spacial score (nSPS) is 38.4. The van der Waals surface area contributed by atoms with Crippen molar-refractivity contribution in [2.75, 3.05) is 13.7 Å². The Bertz CT molecular complexity index is 1040. The lowest BCUT2D eigenvalue weighted by atomic mass is 9.45. The summed E-state index contributed by atoms with van der Waals surface area (Å²) in [5.41, 5.74) is 1.55. The minimum atomic E-state index is -2.01. The average molecular weight is 608 g/mol. The molecule has 7 atom stereocenters. The van der Waals surface area contributed by atoms with Gasteiger partial charge in [0.1, 0.15) is 12.9 Å². The quantitative estimate of drug-likeness (QED) is 0.198. The van der Waals surface area contributed by atoms with Crippen molar-refractivity contribution in [1.29, 1.82) is 0 Å². The van der Waals surface area contributed by atoms with E-state index in [1.165, 1.54) is 5.57 Å². The number of ketones is 1. The van der Waals surface area contributed by atoms with Crippen LogP contribution < -0.4 is 0 Å². The summed E-state index contributed by atoms with van der Waals surface area (Å²) in [5, 5.41) is 4.25. The van der Waals surface area contributed by atoms with Crippen LogP contribution in [0.25, 0.3) is 0 Å². The van der Waals surface area contributed by atoms with Gasteiger partial charge in [-0.2, -0.15) is 0 Å². The molecule has 3 fully saturated rings. The molecule has 3 saturated carbocycles. The van der Waals surface area contributed by atoms with Crippen LogP contribution in [0.4, 0.5) is 0 Å². The Labute approximate surface area is 247 Å². The lowest BCUT2D eigenvalue weighted by molar-refractivity contribution is -0.176. The van der Waals surface area contributed by atoms with Crippen LogP contribution in [0.3, 0.4) is 0 Å². The van der Waals surface area contributed by atoms with Gasteiger partial charge in [-0.3, -0.25) is 4.79 Å². The van der Waals surface area contributed by atoms with Gasteiger partial charge in [-0.15, -0.1) is 0 Å². The number of hydrogen-bond donors (Lipinski definition) is 0. The molecule has 0 aromatic carbocycles. The van der Waals surface area contributed by atoms with Crippen molar-refractivity contribution in [2.24, 2.45) is 33.7 Å². The second kappa shape index (κ2) is 10.8. The zero-order valence-electron chi connectivity index (χ0n) is 27.5. The predicted molar refractivity (Wildman–Crippen MR) is 171 cm³/mol. The van der Waals surface area contributed by atoms with Crippen molar-refractivity contribution >= 4 is 36.4 Å². The fourth-order valence-corrected chi connectivity index (χ4v) is 12.3. The summed E-state index contributed by atoms with van der Waals surface area (Å²) in [5.74, 6) is 1.34. The van der Waals surface area contributed by atoms with E-state index in [-0.39, 0.29) is 22.9 Å². The largest absolute Gasteiger partial charge is 0.415 e. The van der Waals surface area contributed by atoms with Gasteiger partial charge in [-0.25, -0.2) is 0 Å². The van der Waals surface area contributed by atoms with Crippen molar-refractivity contribution in [2.45, 2.75) is 129 Å². The SMILES string of the molecule is CO/N=C1/C=C2CC[C@@H]3[C@H](C(=O)C[C@@]4(C)[C@H]3CC[C@]4(O[Si](C)(C)C)[C@@H](CO[Si](C)(C)C)O[Si](C)(C)C)[C@@]2(C)CC1. The summed E-state index contributed by atoms with van der Waals surface area (Å²) in [7, 11) is -4.12. The molecular weight excluding hydrogens is 551 g/mol. The third-order valence-corrected chi connectivity index (χ3v) is 13.2. The lowest BCUT2D eigenvalue weighted by Crippen LogP contribution is -2.66. The minimum absolute atomic E-state index is 0.0759. The van der Waals surface area contributed by atoms with E-state index < -0.39 is 30.6 Å². The highest BCUT2D eigenvalue weighted by Gasteiger charge is 2.70. The first kappa shape index (κ1) is 32.3. The number of oxime groups is 1. The van der Waals surface area contributed by atoms with Crippen molar-refractivity contribution in [3.05, 3.63) is 11.6 Å². The maximum absolute atomic E-state index is 14.5. The van der Waals surface area contributed by atoms with Gasteiger partial charge in [-0.05, 0) is 121 Å². The van der Waals surface area contributed by atoms with E-state index in [0.29, 0.717) is 30.6 Å². The van der Waals surface area contributed by atoms with E-state index >= 15 is 0 Å². The van der Waals surface area contributed by atoms with E-state index in [9.17, 15) is 4.79 Å². The predicted octanol–water partition coefficient (Wildman–Crippen LogP) is 7.79. The van der Waals surface area contributed by atoms with Crippen molar-refractivity contribution in [3.8, 4) is 0 Å². The molecular formula is C31H57NO5Si3. The number of Topliss-reactive ketones (excluding diaryl/α,β-unsaturated/α-hetero) is 1. The van der Waals surface area contributed by atoms with E-state index in [4.69, 9.17) is 18.1 Å². The summed E-state index contributed by atoms with van der Waals surface area (Å²) in [6.07, 6.45) is 8.64. The molecule has 0 unspecified atom stereocenters. The molecule has 0 saturated heterocycles. The van der Waals surface area contributed by atoms with Gasteiger partial charge >= 0.3 is 0 Å². The van der Waals surface area contributed by atoms with E-state index in [1.807, 2.05) is 0 Å². The Hall–Kier alpha value is -0.589. The maximum Gasteiger partial charge on any atom is 0.184 e. The van der Waals surface area contributed by atoms with Gasteiger partial charge in [0.25, 0.3) is 0 Å². The monoisotopic (exact) mass is 607 g/mol. The molecule has 0 bridgehead atoms. The molecule has 0 N–H and O–H groups in total. The topological polar surface area (TPSA) is 66.4 Å². The van der Waals surface area contributed by atoms with Crippen LogP contribution in [-0.2, 0) is 22.9 Å². The van der Waals surface area contributed by atoms with E-state index in [2.05, 4.69) is 84.0 Å². The Morgan fingerprint density at radius 1 is 0.950 bits per heavy atom. The molecule has 4 aliphatic rings. The van der Waals surface area contributed by atoms with Crippen LogP contribution in [0.15, 0.2) is 16.8 Å². The van der Waals surface area contributed by atoms with Crippen LogP contribution in [0.2, 0.25) is 58.9 Å². The Morgan fingerprint density at radius 2 is 1.62 bits per heavy atom. The van der Waals surface area contributed by atoms with E-state index in [1.54, 1.807) is 7.11 Å². The van der Waals surface area contributed by atoms with Gasteiger partial charge in [-0.1, -0.05) is 24.6 Å². The first-order chi connectivity index (χ1) is 18.2. The highest BCUT2D eigenvalue weighted by atomic mass is 28.4. The summed E-state index contributed by atoms with van der Waals surface area (Å²) < 4.78 is 21.1. The molecule has 0 aliphatic heterocycles. The molecule has 0 radical (unpaired) electrons. The molecule has 9 heteroatoms. The van der Waals surface area contributed by atoms with Crippen molar-refractivity contribution < 1.29 is 22.9 Å². The highest BCUT2D eigenvalue weighted by Crippen LogP contribution is 2.68. The fraction of sp³-hybridized carbons (Fsp3) is 0.871. The Kier molecular flexibility index (Phi) is 8.76. The summed E-state index contributed by atoms with van der Waals surface area (Å²) in [6.45, 7) is 25.8. The first-order valence-electron chi connectivity index (χ1n) is 15.6. The number of rotatable bonds is 9. The van der Waals surface area contributed by atoms with Crippen LogP contribution in [0.1, 0.15) is 58.8 Å². The number of nitrogens with zero attached hydrogens (tertiary/aromatic N) is 1. The second-order valence-corrected chi connectivity index (χ2v) is 29.9. The van der Waals surface area contributed by atoms with Crippen LogP contribution in [0, 0.1) is 28.6 Å². The number of carbonyl (C=O) groups excluding carboxylic acids is 1. The van der Waals surface area contributed by atoms with Crippen LogP contribution in [-0.4, -0.2) is 61.9 Å². The summed E-state index contributed by atoms with van der Waals surface area (Å²) >= 11 is 0. The first-order valence-corrected chi connectivity index (χ1v) is 25.8. The molecule has 6 nitrogen and oxygen atoms in total. The van der Waals surface area contributed by atoms with Gasteiger partial charge in [0, 0.05) is 17.8 Å². The zero-order chi connectivity index (χ0) is 29.9. The number of fused-ring (bicyclic) bond motifs is 5. The van der Waals surface area contributed by atoms with Gasteiger partial charge in [0.05, 0.1) is 24.0 Å². The molecule has 0 aromatic rings.